The lowest BCUT2D eigenvalue weighted by molar-refractivity contribution is -0.384. The molecule has 7 heteroatoms. The molecule has 0 bridgehead atoms. The van der Waals surface area contributed by atoms with Gasteiger partial charge >= 0.3 is 0 Å². The summed E-state index contributed by atoms with van der Waals surface area (Å²) in [6, 6.07) is 15.5. The van der Waals surface area contributed by atoms with Gasteiger partial charge < -0.3 is 10.2 Å². The van der Waals surface area contributed by atoms with Gasteiger partial charge in [0.2, 0.25) is 0 Å². The van der Waals surface area contributed by atoms with Gasteiger partial charge in [-0.05, 0) is 59.8 Å². The minimum absolute atomic E-state index is 0.0359. The molecule has 0 unspecified atom stereocenters. The van der Waals surface area contributed by atoms with Crippen molar-refractivity contribution in [1.29, 1.82) is 0 Å². The first-order valence-corrected chi connectivity index (χ1v) is 9.44. The summed E-state index contributed by atoms with van der Waals surface area (Å²) >= 11 is 1.82. The number of nitro groups is 1. The van der Waals surface area contributed by atoms with Crippen LogP contribution < -0.4 is 10.2 Å². The molecule has 6 nitrogen and oxygen atoms in total. The van der Waals surface area contributed by atoms with Crippen molar-refractivity contribution in [3.63, 3.8) is 0 Å². The molecule has 1 aliphatic rings. The number of anilines is 2. The number of hydrogen-bond acceptors (Lipinski definition) is 5. The van der Waals surface area contributed by atoms with Gasteiger partial charge in [0.1, 0.15) is 0 Å². The molecule has 0 radical (unpaired) electrons. The number of nitrogens with one attached hydrogen (secondary N) is 1. The smallest absolute Gasteiger partial charge is 0.269 e. The molecule has 1 amide bonds. The zero-order valence-electron chi connectivity index (χ0n) is 14.4. The van der Waals surface area contributed by atoms with Gasteiger partial charge in [0.05, 0.1) is 4.92 Å². The number of fused-ring (bicyclic) bond motifs is 1. The Morgan fingerprint density at radius 3 is 2.52 bits per heavy atom. The van der Waals surface area contributed by atoms with Gasteiger partial charge in [-0.25, -0.2) is 0 Å². The number of non-ortho nitro benzene ring substituents is 1. The zero-order valence-corrected chi connectivity index (χ0v) is 15.2. The van der Waals surface area contributed by atoms with Crippen LogP contribution in [0.15, 0.2) is 60.0 Å². The monoisotopic (exact) mass is 379 g/mol. The van der Waals surface area contributed by atoms with E-state index in [-0.39, 0.29) is 11.6 Å². The Bertz CT molecular complexity index is 980. The first kappa shape index (κ1) is 17.2. The first-order valence-electron chi connectivity index (χ1n) is 8.56. The fraction of sp³-hybridized carbons (Fsp3) is 0.150. The number of carbonyl (C=O) groups excluding carboxylic acids is 1. The summed E-state index contributed by atoms with van der Waals surface area (Å²) in [6.07, 6.45) is 1.06. The molecule has 0 spiro atoms. The summed E-state index contributed by atoms with van der Waals surface area (Å²) < 4.78 is 0. The van der Waals surface area contributed by atoms with Gasteiger partial charge in [0, 0.05) is 47.0 Å². The minimum atomic E-state index is -0.486. The van der Waals surface area contributed by atoms with Gasteiger partial charge in [-0.3, -0.25) is 14.9 Å². The van der Waals surface area contributed by atoms with E-state index in [9.17, 15) is 14.9 Å². The molecule has 3 aromatic rings. The Morgan fingerprint density at radius 1 is 1.07 bits per heavy atom. The van der Waals surface area contributed by atoms with Gasteiger partial charge in [-0.1, -0.05) is 0 Å². The molecule has 0 atom stereocenters. The summed E-state index contributed by atoms with van der Waals surface area (Å²) in [5.41, 5.74) is 3.55. The number of nitro benzene ring substituents is 1. The fourth-order valence-corrected chi connectivity index (χ4v) is 4.05. The third-order valence-corrected chi connectivity index (χ3v) is 5.66. The van der Waals surface area contributed by atoms with Crippen LogP contribution >= 0.6 is 11.3 Å². The van der Waals surface area contributed by atoms with E-state index < -0.39 is 4.92 Å². The second-order valence-corrected chi connectivity index (χ2v) is 7.35. The molecule has 136 valence electrons. The van der Waals surface area contributed by atoms with Crippen molar-refractivity contribution in [2.75, 3.05) is 16.8 Å². The molecular formula is C20H17N3O3S. The van der Waals surface area contributed by atoms with Gasteiger partial charge in [0.25, 0.3) is 11.6 Å². The zero-order chi connectivity index (χ0) is 18.8. The van der Waals surface area contributed by atoms with Crippen LogP contribution in [0.5, 0.6) is 0 Å². The summed E-state index contributed by atoms with van der Waals surface area (Å²) in [7, 11) is 0. The summed E-state index contributed by atoms with van der Waals surface area (Å²) in [5, 5.41) is 15.7. The minimum Gasteiger partial charge on any atom is -0.367 e. The standard InChI is InChI=1S/C20H17N3O3S/c24-20(14-1-5-18(6-2-14)23(25)26)21-16-3-7-17(8-4-16)22-11-9-19-15(13-22)10-12-27-19/h1-8,10,12H,9,11,13H2,(H,21,24). The van der Waals surface area contributed by atoms with Crippen LogP contribution in [-0.4, -0.2) is 17.4 Å². The molecule has 2 heterocycles. The van der Waals surface area contributed by atoms with Crippen molar-refractivity contribution in [2.24, 2.45) is 0 Å². The summed E-state index contributed by atoms with van der Waals surface area (Å²) in [6.45, 7) is 1.90. The van der Waals surface area contributed by atoms with Crippen molar-refractivity contribution in [1.82, 2.24) is 0 Å². The molecule has 1 aliphatic heterocycles. The molecule has 2 aromatic carbocycles. The van der Waals surface area contributed by atoms with Crippen LogP contribution in [0.3, 0.4) is 0 Å². The van der Waals surface area contributed by atoms with Gasteiger partial charge in [0.15, 0.2) is 0 Å². The lowest BCUT2D eigenvalue weighted by Crippen LogP contribution is -2.29. The summed E-state index contributed by atoms with van der Waals surface area (Å²) in [4.78, 5) is 26.3. The van der Waals surface area contributed by atoms with Crippen LogP contribution in [0.1, 0.15) is 20.8 Å². The second-order valence-electron chi connectivity index (χ2n) is 6.35. The van der Waals surface area contributed by atoms with Crippen LogP contribution in [0.4, 0.5) is 17.1 Å². The largest absolute Gasteiger partial charge is 0.367 e. The molecule has 0 saturated carbocycles. The maximum atomic E-state index is 12.3. The molecular weight excluding hydrogens is 362 g/mol. The van der Waals surface area contributed by atoms with E-state index in [1.807, 2.05) is 35.6 Å². The van der Waals surface area contributed by atoms with E-state index in [0.29, 0.717) is 11.3 Å². The number of amides is 1. The molecule has 0 aliphatic carbocycles. The van der Waals surface area contributed by atoms with Crippen LogP contribution in [-0.2, 0) is 13.0 Å². The van der Waals surface area contributed by atoms with Crippen molar-refractivity contribution in [3.8, 4) is 0 Å². The average Bonchev–Trinajstić information content (AvgIpc) is 3.16. The molecule has 1 N–H and O–H groups in total. The molecule has 0 fully saturated rings. The normalized spacial score (nSPS) is 13.1. The van der Waals surface area contributed by atoms with Crippen molar-refractivity contribution in [3.05, 3.63) is 86.1 Å². The predicted octanol–water partition coefficient (Wildman–Crippen LogP) is 4.47. The van der Waals surface area contributed by atoms with Gasteiger partial charge in [-0.15, -0.1) is 11.3 Å². The number of thiophene rings is 1. The Kier molecular flexibility index (Phi) is 4.60. The molecule has 4 rings (SSSR count). The van der Waals surface area contributed by atoms with E-state index in [1.54, 1.807) is 0 Å². The molecule has 0 saturated heterocycles. The summed E-state index contributed by atoms with van der Waals surface area (Å²) in [5.74, 6) is -0.293. The Hall–Kier alpha value is -3.19. The van der Waals surface area contributed by atoms with Crippen molar-refractivity contribution in [2.45, 2.75) is 13.0 Å². The second kappa shape index (κ2) is 7.20. The maximum absolute atomic E-state index is 12.3. The quantitative estimate of drug-likeness (QED) is 0.536. The highest BCUT2D eigenvalue weighted by Gasteiger charge is 2.17. The third kappa shape index (κ3) is 3.68. The van der Waals surface area contributed by atoms with Gasteiger partial charge in [-0.2, -0.15) is 0 Å². The average molecular weight is 379 g/mol. The highest BCUT2D eigenvalue weighted by molar-refractivity contribution is 7.10. The van der Waals surface area contributed by atoms with Crippen molar-refractivity contribution >= 4 is 34.3 Å². The van der Waals surface area contributed by atoms with E-state index in [2.05, 4.69) is 21.7 Å². The van der Waals surface area contributed by atoms with Crippen molar-refractivity contribution < 1.29 is 9.72 Å². The van der Waals surface area contributed by atoms with E-state index in [4.69, 9.17) is 0 Å². The predicted molar refractivity (Wildman–Crippen MR) is 107 cm³/mol. The lowest BCUT2D eigenvalue weighted by atomic mass is 10.1. The van der Waals surface area contributed by atoms with E-state index in [0.717, 1.165) is 25.2 Å². The Morgan fingerprint density at radius 2 is 1.81 bits per heavy atom. The Labute approximate surface area is 160 Å². The third-order valence-electron chi connectivity index (χ3n) is 4.64. The fourth-order valence-electron chi connectivity index (χ4n) is 3.16. The number of carbonyl (C=O) groups is 1. The van der Waals surface area contributed by atoms with Crippen LogP contribution in [0, 0.1) is 10.1 Å². The first-order chi connectivity index (χ1) is 13.1. The number of hydrogen-bond donors (Lipinski definition) is 1. The highest BCUT2D eigenvalue weighted by atomic mass is 32.1. The highest BCUT2D eigenvalue weighted by Crippen LogP contribution is 2.28. The topological polar surface area (TPSA) is 75.5 Å². The lowest BCUT2D eigenvalue weighted by Gasteiger charge is -2.29. The number of rotatable bonds is 4. The number of benzene rings is 2. The SMILES string of the molecule is O=C(Nc1ccc(N2CCc3sccc3C2)cc1)c1ccc([N+](=O)[O-])cc1. The maximum Gasteiger partial charge on any atom is 0.269 e. The van der Waals surface area contributed by atoms with E-state index in [1.165, 1.54) is 34.7 Å². The molecule has 27 heavy (non-hydrogen) atoms. The number of nitrogens with zero attached hydrogens (tertiary/aromatic N) is 2. The van der Waals surface area contributed by atoms with Crippen LogP contribution in [0.2, 0.25) is 0 Å². The Balaban J connectivity index is 1.42. The van der Waals surface area contributed by atoms with Crippen LogP contribution in [0.25, 0.3) is 0 Å². The molecule has 1 aromatic heterocycles. The van der Waals surface area contributed by atoms with E-state index >= 15 is 0 Å².